The van der Waals surface area contributed by atoms with Gasteiger partial charge in [0.15, 0.2) is 5.82 Å². The summed E-state index contributed by atoms with van der Waals surface area (Å²) in [5.41, 5.74) is 1.33. The van der Waals surface area contributed by atoms with Crippen LogP contribution in [-0.4, -0.2) is 56.2 Å². The van der Waals surface area contributed by atoms with Gasteiger partial charge in [0.2, 0.25) is 11.7 Å². The summed E-state index contributed by atoms with van der Waals surface area (Å²) in [7, 11) is 0. The number of amides is 1. The van der Waals surface area contributed by atoms with Gasteiger partial charge in [0.1, 0.15) is 12.4 Å². The third kappa shape index (κ3) is 3.77. The van der Waals surface area contributed by atoms with Gasteiger partial charge in [-0.15, -0.1) is 16.4 Å². The summed E-state index contributed by atoms with van der Waals surface area (Å²) in [6.07, 6.45) is 0. The number of carbonyl (C=O) groups is 1. The van der Waals surface area contributed by atoms with Crippen molar-refractivity contribution in [2.24, 2.45) is 0 Å². The molecule has 0 spiro atoms. The summed E-state index contributed by atoms with van der Waals surface area (Å²) in [4.78, 5) is 34.9. The number of piperazine rings is 1. The lowest BCUT2D eigenvalue weighted by atomic mass is 10.2. The van der Waals surface area contributed by atoms with E-state index in [1.807, 2.05) is 22.4 Å². The smallest absolute Gasteiger partial charge is 0.275 e. The van der Waals surface area contributed by atoms with Gasteiger partial charge in [0, 0.05) is 43.6 Å². The average molecular weight is 453 g/mol. The van der Waals surface area contributed by atoms with Gasteiger partial charge in [0.05, 0.1) is 4.88 Å². The number of hydrogen-bond acceptors (Lipinski definition) is 6. The quantitative estimate of drug-likeness (QED) is 0.475. The van der Waals surface area contributed by atoms with E-state index in [0.29, 0.717) is 43.5 Å². The molecule has 1 saturated heterocycles. The molecule has 0 radical (unpaired) electrons. The number of nitrogens with zero attached hydrogens (tertiary/aromatic N) is 6. The fraction of sp³-hybridized carbons (Fsp3) is 0.273. The summed E-state index contributed by atoms with van der Waals surface area (Å²) in [5.74, 6) is 0.521. The maximum Gasteiger partial charge on any atom is 0.275 e. The molecule has 4 aromatic rings. The van der Waals surface area contributed by atoms with E-state index in [4.69, 9.17) is 0 Å². The van der Waals surface area contributed by atoms with E-state index in [1.165, 1.54) is 34.1 Å². The van der Waals surface area contributed by atoms with Crippen LogP contribution < -0.4 is 10.5 Å². The van der Waals surface area contributed by atoms with Crippen molar-refractivity contribution in [2.75, 3.05) is 31.1 Å². The van der Waals surface area contributed by atoms with Crippen LogP contribution in [0.1, 0.15) is 5.69 Å². The summed E-state index contributed by atoms with van der Waals surface area (Å²) < 4.78 is 16.2. The van der Waals surface area contributed by atoms with Crippen molar-refractivity contribution in [2.45, 2.75) is 13.5 Å². The summed E-state index contributed by atoms with van der Waals surface area (Å²) in [5, 5.41) is 6.27. The minimum Gasteiger partial charge on any atom is -0.368 e. The van der Waals surface area contributed by atoms with E-state index < -0.39 is 0 Å². The molecule has 0 saturated carbocycles. The van der Waals surface area contributed by atoms with Crippen LogP contribution in [0.3, 0.4) is 0 Å². The maximum atomic E-state index is 13.2. The van der Waals surface area contributed by atoms with Crippen LogP contribution >= 0.6 is 11.3 Å². The van der Waals surface area contributed by atoms with Crippen LogP contribution in [0.4, 0.5) is 10.1 Å². The van der Waals surface area contributed by atoms with Gasteiger partial charge in [0.25, 0.3) is 5.56 Å². The molecule has 1 amide bonds. The zero-order valence-corrected chi connectivity index (χ0v) is 18.3. The van der Waals surface area contributed by atoms with Crippen LogP contribution in [0.2, 0.25) is 0 Å². The molecule has 32 heavy (non-hydrogen) atoms. The molecule has 1 aliphatic heterocycles. The lowest BCUT2D eigenvalue weighted by Gasteiger charge is -2.36. The van der Waals surface area contributed by atoms with Crippen molar-refractivity contribution >= 4 is 28.7 Å². The Morgan fingerprint density at radius 1 is 1.12 bits per heavy atom. The highest BCUT2D eigenvalue weighted by atomic mass is 32.1. The molecule has 1 aromatic carbocycles. The van der Waals surface area contributed by atoms with Crippen molar-refractivity contribution < 1.29 is 9.18 Å². The largest absolute Gasteiger partial charge is 0.368 e. The molecule has 164 valence electrons. The first-order valence-corrected chi connectivity index (χ1v) is 11.2. The zero-order chi connectivity index (χ0) is 22.2. The van der Waals surface area contributed by atoms with Crippen molar-refractivity contribution in [3.05, 3.63) is 69.7 Å². The Bertz CT molecular complexity index is 1320. The fourth-order valence-electron chi connectivity index (χ4n) is 3.91. The Morgan fingerprint density at radius 3 is 2.56 bits per heavy atom. The van der Waals surface area contributed by atoms with Crippen LogP contribution in [0.25, 0.3) is 16.5 Å². The van der Waals surface area contributed by atoms with E-state index in [2.05, 4.69) is 15.0 Å². The predicted octanol–water partition coefficient (Wildman–Crippen LogP) is 2.42. The SMILES string of the molecule is Cc1cc(=O)n2nc(-c3cccs3)nc2n1CC(=O)N1CCN(c2ccc(F)cc2)CC1. The number of halogens is 1. The molecule has 0 unspecified atom stereocenters. The lowest BCUT2D eigenvalue weighted by Crippen LogP contribution is -2.49. The van der Waals surface area contributed by atoms with Crippen molar-refractivity contribution in [3.8, 4) is 10.7 Å². The van der Waals surface area contributed by atoms with Gasteiger partial charge in [-0.05, 0) is 42.6 Å². The zero-order valence-electron chi connectivity index (χ0n) is 17.4. The Balaban J connectivity index is 1.35. The van der Waals surface area contributed by atoms with Gasteiger partial charge < -0.3 is 14.4 Å². The number of thiophene rings is 1. The van der Waals surface area contributed by atoms with Crippen LogP contribution in [-0.2, 0) is 11.3 Å². The molecule has 10 heteroatoms. The molecule has 0 bridgehead atoms. The molecule has 1 aliphatic rings. The third-order valence-electron chi connectivity index (χ3n) is 5.66. The first kappa shape index (κ1) is 20.4. The number of fused-ring (bicyclic) bond motifs is 1. The van der Waals surface area contributed by atoms with Crippen molar-refractivity contribution in [1.29, 1.82) is 0 Å². The first-order valence-electron chi connectivity index (χ1n) is 10.3. The summed E-state index contributed by atoms with van der Waals surface area (Å²) in [6.45, 7) is 4.35. The third-order valence-corrected chi connectivity index (χ3v) is 6.52. The number of aryl methyl sites for hydroxylation is 1. The highest BCUT2D eigenvalue weighted by molar-refractivity contribution is 7.13. The minimum absolute atomic E-state index is 0.0434. The monoisotopic (exact) mass is 452 g/mol. The Morgan fingerprint density at radius 2 is 1.88 bits per heavy atom. The second kappa shape index (κ2) is 8.19. The maximum absolute atomic E-state index is 13.2. The van der Waals surface area contributed by atoms with E-state index in [0.717, 1.165) is 10.6 Å². The van der Waals surface area contributed by atoms with E-state index in [9.17, 15) is 14.0 Å². The standard InChI is InChI=1S/C22H21FN6O2S/c1-15-13-19(30)29-22(24-21(25-29)18-3-2-12-32-18)28(15)14-20(31)27-10-8-26(9-11-27)17-6-4-16(23)5-7-17/h2-7,12-13H,8-11,14H2,1H3. The molecule has 3 aromatic heterocycles. The number of hydrogen-bond donors (Lipinski definition) is 0. The number of benzene rings is 1. The summed E-state index contributed by atoms with van der Waals surface area (Å²) in [6, 6.07) is 11.7. The van der Waals surface area contributed by atoms with Crippen LogP contribution in [0, 0.1) is 12.7 Å². The molecule has 0 aliphatic carbocycles. The van der Waals surface area contributed by atoms with Gasteiger partial charge in [-0.25, -0.2) is 4.39 Å². The Labute approximate surface area is 187 Å². The second-order valence-electron chi connectivity index (χ2n) is 7.68. The second-order valence-corrected chi connectivity index (χ2v) is 8.63. The lowest BCUT2D eigenvalue weighted by molar-refractivity contribution is -0.132. The van der Waals surface area contributed by atoms with Gasteiger partial charge in [-0.3, -0.25) is 9.59 Å². The van der Waals surface area contributed by atoms with Crippen molar-refractivity contribution in [1.82, 2.24) is 24.1 Å². The molecule has 5 rings (SSSR count). The normalized spacial score (nSPS) is 14.3. The van der Waals surface area contributed by atoms with Crippen LogP contribution in [0.5, 0.6) is 0 Å². The molecular formula is C22H21FN6O2S. The summed E-state index contributed by atoms with van der Waals surface area (Å²) >= 11 is 1.49. The highest BCUT2D eigenvalue weighted by Gasteiger charge is 2.23. The van der Waals surface area contributed by atoms with E-state index in [1.54, 1.807) is 23.6 Å². The molecular weight excluding hydrogens is 431 g/mol. The van der Waals surface area contributed by atoms with E-state index in [-0.39, 0.29) is 23.8 Å². The molecule has 4 heterocycles. The van der Waals surface area contributed by atoms with Crippen molar-refractivity contribution in [3.63, 3.8) is 0 Å². The molecule has 0 N–H and O–H groups in total. The topological polar surface area (TPSA) is 75.7 Å². The minimum atomic E-state index is -0.274. The Hall–Kier alpha value is -3.53. The Kier molecular flexibility index (Phi) is 5.22. The highest BCUT2D eigenvalue weighted by Crippen LogP contribution is 2.22. The average Bonchev–Trinajstić information content (AvgIpc) is 3.47. The van der Waals surface area contributed by atoms with E-state index >= 15 is 0 Å². The molecule has 0 atom stereocenters. The van der Waals surface area contributed by atoms with Gasteiger partial charge >= 0.3 is 0 Å². The van der Waals surface area contributed by atoms with Gasteiger partial charge in [-0.2, -0.15) is 9.50 Å². The number of aromatic nitrogens is 4. The number of rotatable bonds is 4. The predicted molar refractivity (Wildman–Crippen MR) is 120 cm³/mol. The van der Waals surface area contributed by atoms with Gasteiger partial charge in [-0.1, -0.05) is 6.07 Å². The number of carbonyl (C=O) groups excluding carboxylic acids is 1. The molecule has 1 fully saturated rings. The fourth-order valence-corrected chi connectivity index (χ4v) is 4.56. The number of anilines is 1. The molecule has 8 nitrogen and oxygen atoms in total. The van der Waals surface area contributed by atoms with Crippen LogP contribution in [0.15, 0.2) is 52.6 Å². The first-order chi connectivity index (χ1) is 15.5.